The highest BCUT2D eigenvalue weighted by Gasteiger charge is 2.20. The number of allylic oxidation sites excluding steroid dienone is 2. The van der Waals surface area contributed by atoms with Crippen LogP contribution in [0.3, 0.4) is 0 Å². The summed E-state index contributed by atoms with van der Waals surface area (Å²) in [5.41, 5.74) is 0.826. The SMILES string of the molecule is CC#CCC(C)C/C=C/C1CCCC1P. The van der Waals surface area contributed by atoms with E-state index in [1.165, 1.54) is 25.7 Å². The van der Waals surface area contributed by atoms with Crippen molar-refractivity contribution in [1.82, 2.24) is 0 Å². The van der Waals surface area contributed by atoms with Crippen molar-refractivity contribution in [2.75, 3.05) is 0 Å². The van der Waals surface area contributed by atoms with Crippen LogP contribution in [0.15, 0.2) is 12.2 Å². The smallest absolute Gasteiger partial charge is 0.0117 e. The Morgan fingerprint density at radius 3 is 2.87 bits per heavy atom. The van der Waals surface area contributed by atoms with Gasteiger partial charge in [0.15, 0.2) is 0 Å². The zero-order valence-electron chi connectivity index (χ0n) is 10.00. The van der Waals surface area contributed by atoms with Crippen molar-refractivity contribution in [3.05, 3.63) is 12.2 Å². The maximum absolute atomic E-state index is 3.15. The van der Waals surface area contributed by atoms with Crippen LogP contribution in [0.1, 0.15) is 46.0 Å². The minimum Gasteiger partial charge on any atom is -0.134 e. The number of rotatable bonds is 4. The van der Waals surface area contributed by atoms with Crippen LogP contribution in [0.25, 0.3) is 0 Å². The Labute approximate surface area is 97.1 Å². The fraction of sp³-hybridized carbons (Fsp3) is 0.714. The van der Waals surface area contributed by atoms with E-state index in [9.17, 15) is 0 Å². The van der Waals surface area contributed by atoms with Crippen LogP contribution in [-0.4, -0.2) is 5.66 Å². The van der Waals surface area contributed by atoms with Crippen LogP contribution in [-0.2, 0) is 0 Å². The Morgan fingerprint density at radius 2 is 2.27 bits per heavy atom. The van der Waals surface area contributed by atoms with Gasteiger partial charge >= 0.3 is 0 Å². The van der Waals surface area contributed by atoms with E-state index < -0.39 is 0 Å². The molecule has 0 aromatic heterocycles. The summed E-state index contributed by atoms with van der Waals surface area (Å²) in [6.45, 7) is 4.20. The topological polar surface area (TPSA) is 0 Å². The molecule has 0 aromatic carbocycles. The van der Waals surface area contributed by atoms with Crippen molar-refractivity contribution >= 4 is 9.24 Å². The minimum absolute atomic E-state index is 0.707. The summed E-state index contributed by atoms with van der Waals surface area (Å²) in [5, 5.41) is 0. The fourth-order valence-electron chi connectivity index (χ4n) is 2.10. The van der Waals surface area contributed by atoms with E-state index in [-0.39, 0.29) is 0 Å². The molecule has 1 heteroatoms. The third-order valence-corrected chi connectivity index (χ3v) is 4.00. The predicted octanol–water partition coefficient (Wildman–Crippen LogP) is 4.03. The summed E-state index contributed by atoms with van der Waals surface area (Å²) < 4.78 is 0. The van der Waals surface area contributed by atoms with Gasteiger partial charge < -0.3 is 0 Å². The Balaban J connectivity index is 2.22. The highest BCUT2D eigenvalue weighted by atomic mass is 31.0. The summed E-state index contributed by atoms with van der Waals surface area (Å²) in [6, 6.07) is 0. The molecule has 0 N–H and O–H groups in total. The standard InChI is InChI=1S/C14H23P/c1-3-4-7-12(2)8-5-9-13-10-6-11-14(13)15/h5,9,12-14H,6-8,10-11,15H2,1-2H3/b9-5+. The predicted molar refractivity (Wildman–Crippen MR) is 71.8 cm³/mol. The molecule has 84 valence electrons. The average Bonchev–Trinajstić information content (AvgIpc) is 2.61. The highest BCUT2D eigenvalue weighted by molar-refractivity contribution is 7.17. The first-order chi connectivity index (χ1) is 7.24. The molecule has 0 aromatic rings. The van der Waals surface area contributed by atoms with Gasteiger partial charge in [-0.25, -0.2) is 0 Å². The van der Waals surface area contributed by atoms with E-state index in [1.54, 1.807) is 0 Å². The molecule has 0 aliphatic heterocycles. The fourth-order valence-corrected chi connectivity index (χ4v) is 2.66. The lowest BCUT2D eigenvalue weighted by Gasteiger charge is -2.10. The van der Waals surface area contributed by atoms with Gasteiger partial charge in [0.25, 0.3) is 0 Å². The van der Waals surface area contributed by atoms with Crippen molar-refractivity contribution in [3.8, 4) is 11.8 Å². The van der Waals surface area contributed by atoms with Crippen LogP contribution >= 0.6 is 9.24 Å². The second kappa shape index (κ2) is 7.08. The first kappa shape index (κ1) is 12.8. The van der Waals surface area contributed by atoms with E-state index in [0.717, 1.165) is 18.0 Å². The normalized spacial score (nSPS) is 27.7. The van der Waals surface area contributed by atoms with Gasteiger partial charge in [-0.3, -0.25) is 0 Å². The second-order valence-electron chi connectivity index (χ2n) is 4.66. The van der Waals surface area contributed by atoms with E-state index in [0.29, 0.717) is 5.92 Å². The van der Waals surface area contributed by atoms with Crippen molar-refractivity contribution in [3.63, 3.8) is 0 Å². The summed E-state index contributed by atoms with van der Waals surface area (Å²) in [7, 11) is 2.99. The molecule has 0 bridgehead atoms. The molecule has 1 saturated carbocycles. The van der Waals surface area contributed by atoms with Crippen LogP contribution < -0.4 is 0 Å². The molecule has 0 heterocycles. The molecule has 4 atom stereocenters. The maximum Gasteiger partial charge on any atom is 0.0117 e. The average molecular weight is 222 g/mol. The molecular formula is C14H23P. The van der Waals surface area contributed by atoms with Crippen molar-refractivity contribution in [2.45, 2.75) is 51.6 Å². The lowest BCUT2D eigenvalue weighted by atomic mass is 10.0. The summed E-state index contributed by atoms with van der Waals surface area (Å²) in [4.78, 5) is 0. The molecule has 0 spiro atoms. The summed E-state index contributed by atoms with van der Waals surface area (Å²) in [6.07, 6.45) is 11.2. The van der Waals surface area contributed by atoms with Crippen LogP contribution in [0.5, 0.6) is 0 Å². The van der Waals surface area contributed by atoms with Gasteiger partial charge in [0.05, 0.1) is 0 Å². The molecule has 1 aliphatic rings. The van der Waals surface area contributed by atoms with E-state index in [1.807, 2.05) is 6.92 Å². The van der Waals surface area contributed by atoms with Gasteiger partial charge in [-0.1, -0.05) is 25.5 Å². The number of hydrogen-bond acceptors (Lipinski definition) is 0. The lowest BCUT2D eigenvalue weighted by molar-refractivity contribution is 0.606. The van der Waals surface area contributed by atoms with Gasteiger partial charge in [-0.2, -0.15) is 0 Å². The molecule has 4 unspecified atom stereocenters. The first-order valence-electron chi connectivity index (χ1n) is 6.06. The van der Waals surface area contributed by atoms with Gasteiger partial charge in [-0.15, -0.1) is 21.1 Å². The molecule has 1 aliphatic carbocycles. The van der Waals surface area contributed by atoms with Crippen molar-refractivity contribution < 1.29 is 0 Å². The van der Waals surface area contributed by atoms with E-state index >= 15 is 0 Å². The lowest BCUT2D eigenvalue weighted by Crippen LogP contribution is -2.02. The zero-order valence-corrected chi connectivity index (χ0v) is 11.2. The molecule has 0 saturated heterocycles. The highest BCUT2D eigenvalue weighted by Crippen LogP contribution is 2.32. The summed E-state index contributed by atoms with van der Waals surface area (Å²) >= 11 is 0. The minimum atomic E-state index is 0.707. The Hall–Kier alpha value is -0.270. The number of hydrogen-bond donors (Lipinski definition) is 0. The van der Waals surface area contributed by atoms with Gasteiger partial charge in [0.1, 0.15) is 0 Å². The quantitative estimate of drug-likeness (QED) is 0.383. The Morgan fingerprint density at radius 1 is 1.47 bits per heavy atom. The van der Waals surface area contributed by atoms with Gasteiger partial charge in [-0.05, 0) is 43.7 Å². The molecule has 1 fully saturated rings. The van der Waals surface area contributed by atoms with Crippen molar-refractivity contribution in [2.24, 2.45) is 11.8 Å². The molecular weight excluding hydrogens is 199 g/mol. The summed E-state index contributed by atoms with van der Waals surface area (Å²) in [5.74, 6) is 7.63. The van der Waals surface area contributed by atoms with Gasteiger partial charge in [0, 0.05) is 6.42 Å². The molecule has 1 rings (SSSR count). The Kier molecular flexibility index (Phi) is 6.04. The van der Waals surface area contributed by atoms with E-state index in [4.69, 9.17) is 0 Å². The third kappa shape index (κ3) is 4.85. The molecule has 15 heavy (non-hydrogen) atoms. The first-order valence-corrected chi connectivity index (χ1v) is 6.72. The van der Waals surface area contributed by atoms with Crippen LogP contribution in [0.2, 0.25) is 0 Å². The van der Waals surface area contributed by atoms with Crippen LogP contribution in [0, 0.1) is 23.7 Å². The van der Waals surface area contributed by atoms with Crippen LogP contribution in [0.4, 0.5) is 0 Å². The molecule has 0 radical (unpaired) electrons. The second-order valence-corrected chi connectivity index (χ2v) is 5.51. The third-order valence-electron chi connectivity index (χ3n) is 3.17. The van der Waals surface area contributed by atoms with E-state index in [2.05, 4.69) is 40.2 Å². The maximum atomic E-state index is 3.15. The largest absolute Gasteiger partial charge is 0.134 e. The van der Waals surface area contributed by atoms with Gasteiger partial charge in [0.2, 0.25) is 0 Å². The molecule has 0 nitrogen and oxygen atoms in total. The zero-order chi connectivity index (χ0) is 11.1. The Bertz CT molecular complexity index is 256. The molecule has 0 amide bonds. The monoisotopic (exact) mass is 222 g/mol. The van der Waals surface area contributed by atoms with Crippen molar-refractivity contribution in [1.29, 1.82) is 0 Å².